The average Bonchev–Trinajstić information content (AvgIpc) is 3.37. The van der Waals surface area contributed by atoms with Gasteiger partial charge in [0.15, 0.2) is 11.9 Å². The minimum atomic E-state index is -1.35. The molecule has 53 heavy (non-hydrogen) atoms. The summed E-state index contributed by atoms with van der Waals surface area (Å²) in [7, 11) is 5.40. The Hall–Kier alpha value is -3.07. The molecule has 3 aliphatic rings. The van der Waals surface area contributed by atoms with Crippen LogP contribution in [-0.2, 0) is 39.7 Å². The monoisotopic (exact) mass is 744 g/mol. The summed E-state index contributed by atoms with van der Waals surface area (Å²) in [6, 6.07) is 6.66. The van der Waals surface area contributed by atoms with Gasteiger partial charge in [-0.25, -0.2) is 20.0 Å². The van der Waals surface area contributed by atoms with Crippen LogP contribution in [-0.4, -0.2) is 115 Å². The predicted octanol–water partition coefficient (Wildman–Crippen LogP) is 4.65. The zero-order valence-electron chi connectivity index (χ0n) is 33.6. The van der Waals surface area contributed by atoms with E-state index < -0.39 is 71.7 Å². The fourth-order valence-electron chi connectivity index (χ4n) is 8.61. The summed E-state index contributed by atoms with van der Waals surface area (Å²) >= 11 is 0. The number of ketones is 1. The molecule has 3 heterocycles. The summed E-state index contributed by atoms with van der Waals surface area (Å²) < 4.78 is 31.3. The highest BCUT2D eigenvalue weighted by Crippen LogP contribution is 2.42. The van der Waals surface area contributed by atoms with Crippen molar-refractivity contribution in [3.63, 3.8) is 0 Å². The molecule has 0 spiro atoms. The molecule has 0 bridgehead atoms. The standard InChI is InChI=1S/C40H64N4O9/c1-12-31-40(8)34(44(38(48)53-40)42-19-13-14-28-15-17-29(41)18-16-28)27(6)32(45)25(4)22-39(7,49-11)35(23(2)20-24(3)36(47)51-31)52-37-33(46)30(43(9)10)21-26(5)50-37/h15-18,20,23,25-27,30-31,33-35,37,42,46H,12-14,19,21-22,41H2,1-11H3/b24-20+/t23-,25+,26+,27-,30-,31+,33+,34+,35+,37-,39+,40+/m0/s1. The Morgan fingerprint density at radius 1 is 1.09 bits per heavy atom. The van der Waals surface area contributed by atoms with Crippen LogP contribution in [0.1, 0.15) is 86.6 Å². The van der Waals surface area contributed by atoms with Crippen molar-refractivity contribution in [2.75, 3.05) is 33.5 Å². The number of aliphatic hydroxyl groups excluding tert-OH is 1. The number of nitrogens with zero attached hydrogens (tertiary/aromatic N) is 2. The van der Waals surface area contributed by atoms with Gasteiger partial charge in [-0.3, -0.25) is 4.79 Å². The first-order chi connectivity index (χ1) is 24.9. The van der Waals surface area contributed by atoms with E-state index in [1.807, 2.05) is 77.9 Å². The molecule has 2 fully saturated rings. The van der Waals surface area contributed by atoms with Crippen molar-refractivity contribution in [1.82, 2.24) is 15.3 Å². The molecule has 1 aromatic rings. The number of amides is 1. The van der Waals surface area contributed by atoms with Crippen LogP contribution in [0.15, 0.2) is 35.9 Å². The van der Waals surface area contributed by atoms with Gasteiger partial charge in [0, 0.05) is 48.7 Å². The van der Waals surface area contributed by atoms with Gasteiger partial charge in [-0.1, -0.05) is 45.9 Å². The second kappa shape index (κ2) is 17.6. The van der Waals surface area contributed by atoms with Crippen LogP contribution in [0.4, 0.5) is 10.5 Å². The Kier molecular flexibility index (Phi) is 14.2. The van der Waals surface area contributed by atoms with Gasteiger partial charge >= 0.3 is 12.1 Å². The number of hydrazine groups is 1. The van der Waals surface area contributed by atoms with Crippen LogP contribution in [0.5, 0.6) is 0 Å². The predicted molar refractivity (Wildman–Crippen MR) is 201 cm³/mol. The van der Waals surface area contributed by atoms with Crippen LogP contribution in [0.2, 0.25) is 0 Å². The maximum atomic E-state index is 14.6. The summed E-state index contributed by atoms with van der Waals surface area (Å²) in [6.45, 7) is 15.1. The molecule has 1 amide bonds. The Morgan fingerprint density at radius 3 is 2.36 bits per heavy atom. The normalized spacial score (nSPS) is 38.5. The number of likely N-dealkylation sites (N-methyl/N-ethyl adjacent to an activating group) is 1. The van der Waals surface area contributed by atoms with Gasteiger partial charge in [0.25, 0.3) is 0 Å². The molecular formula is C40H64N4O9. The average molecular weight is 745 g/mol. The molecule has 13 heteroatoms. The number of rotatable bonds is 10. The van der Waals surface area contributed by atoms with Gasteiger partial charge in [-0.2, -0.15) is 0 Å². The Balaban J connectivity index is 1.69. The molecule has 12 atom stereocenters. The van der Waals surface area contributed by atoms with E-state index in [0.29, 0.717) is 37.1 Å². The molecule has 0 saturated carbocycles. The van der Waals surface area contributed by atoms with Crippen LogP contribution >= 0.6 is 0 Å². The smallest absolute Gasteiger partial charge is 0.425 e. The van der Waals surface area contributed by atoms with Crippen LogP contribution in [0.25, 0.3) is 0 Å². The number of fused-ring (bicyclic) bond motifs is 1. The second-order valence-electron chi connectivity index (χ2n) is 16.1. The highest BCUT2D eigenvalue weighted by atomic mass is 16.7. The van der Waals surface area contributed by atoms with Crippen LogP contribution in [0.3, 0.4) is 0 Å². The zero-order valence-corrected chi connectivity index (χ0v) is 33.6. The van der Waals surface area contributed by atoms with Crippen molar-refractivity contribution in [3.05, 3.63) is 41.5 Å². The molecule has 4 N–H and O–H groups in total. The number of methoxy groups -OCH3 is 1. The third-order valence-corrected chi connectivity index (χ3v) is 11.6. The number of nitrogen functional groups attached to an aromatic ring is 1. The van der Waals surface area contributed by atoms with Crippen LogP contribution < -0.4 is 11.2 Å². The lowest BCUT2D eigenvalue weighted by Gasteiger charge is -2.46. The van der Waals surface area contributed by atoms with E-state index in [2.05, 4.69) is 5.43 Å². The lowest BCUT2D eigenvalue weighted by Crippen LogP contribution is -2.60. The van der Waals surface area contributed by atoms with Crippen molar-refractivity contribution < 1.29 is 43.2 Å². The van der Waals surface area contributed by atoms with Gasteiger partial charge < -0.3 is 39.4 Å². The number of esters is 1. The second-order valence-corrected chi connectivity index (χ2v) is 16.1. The van der Waals surface area contributed by atoms with Crippen molar-refractivity contribution in [1.29, 1.82) is 0 Å². The third kappa shape index (κ3) is 9.42. The van der Waals surface area contributed by atoms with E-state index in [0.717, 1.165) is 12.0 Å². The molecule has 2 saturated heterocycles. The minimum absolute atomic E-state index is 0.108. The molecule has 0 radical (unpaired) electrons. The Morgan fingerprint density at radius 2 is 1.75 bits per heavy atom. The van der Waals surface area contributed by atoms with Crippen molar-refractivity contribution >= 4 is 23.5 Å². The topological polar surface area (TPSA) is 162 Å². The minimum Gasteiger partial charge on any atom is -0.455 e. The fraction of sp³-hybridized carbons (Fsp3) is 0.725. The SMILES string of the molecule is CC[C@H]1OC(=O)/C(C)=C/[C@H](C)[C@@H](O[C@@H]2O[C@H](C)C[C@H](N(C)C)[C@H]2O)[C@](C)(OC)C[C@@H](C)C(=O)[C@H](C)[C@H]2N(NCCCc3ccc(N)cc3)C(=O)O[C@]12C. The lowest BCUT2D eigenvalue weighted by atomic mass is 9.74. The number of aliphatic hydroxyl groups is 1. The molecule has 0 aromatic heterocycles. The van der Waals surface area contributed by atoms with Crippen molar-refractivity contribution in [3.8, 4) is 0 Å². The summed E-state index contributed by atoms with van der Waals surface area (Å²) in [5.41, 5.74) is 8.81. The number of benzene rings is 1. The van der Waals surface area contributed by atoms with Crippen LogP contribution in [0, 0.1) is 17.8 Å². The number of cyclic esters (lactones) is 1. The summed E-state index contributed by atoms with van der Waals surface area (Å²) in [5.74, 6) is -2.42. The maximum Gasteiger partial charge on any atom is 0.425 e. The van der Waals surface area contributed by atoms with Gasteiger partial charge in [0.1, 0.15) is 24.0 Å². The van der Waals surface area contributed by atoms with Gasteiger partial charge in [0.2, 0.25) is 0 Å². The fourth-order valence-corrected chi connectivity index (χ4v) is 8.61. The zero-order chi connectivity index (χ0) is 39.4. The van der Waals surface area contributed by atoms with Gasteiger partial charge in [0.05, 0.1) is 17.8 Å². The number of Topliss-reactive ketones (excluding diaryl/α,β-unsaturated/α-hetero) is 1. The van der Waals surface area contributed by atoms with E-state index in [4.69, 9.17) is 29.4 Å². The number of nitrogens with two attached hydrogens (primary N) is 1. The molecule has 4 rings (SSSR count). The molecule has 13 nitrogen and oxygen atoms in total. The van der Waals surface area contributed by atoms with Gasteiger partial charge in [-0.05, 0) is 91.6 Å². The summed E-state index contributed by atoms with van der Waals surface area (Å²) in [4.78, 5) is 44.0. The summed E-state index contributed by atoms with van der Waals surface area (Å²) in [5, 5.41) is 12.8. The molecule has 1 aromatic carbocycles. The number of carbonyl (C=O) groups is 3. The van der Waals surface area contributed by atoms with E-state index in [1.54, 1.807) is 34.0 Å². The first kappa shape index (κ1) is 42.7. The molecule has 0 aliphatic carbocycles. The molecular weight excluding hydrogens is 680 g/mol. The Labute approximate surface area is 315 Å². The third-order valence-electron chi connectivity index (χ3n) is 11.6. The summed E-state index contributed by atoms with van der Waals surface area (Å²) in [6.07, 6.45) is 0.0763. The van der Waals surface area contributed by atoms with Crippen molar-refractivity contribution in [2.24, 2.45) is 17.8 Å². The van der Waals surface area contributed by atoms with E-state index in [-0.39, 0.29) is 24.3 Å². The highest BCUT2D eigenvalue weighted by Gasteiger charge is 2.60. The molecule has 0 unspecified atom stereocenters. The number of ether oxygens (including phenoxy) is 5. The van der Waals surface area contributed by atoms with Gasteiger partial charge in [-0.15, -0.1) is 0 Å². The number of carbonyl (C=O) groups excluding carboxylic acids is 3. The van der Waals surface area contributed by atoms with E-state index in [1.165, 1.54) is 5.01 Å². The molecule has 298 valence electrons. The first-order valence-corrected chi connectivity index (χ1v) is 19.1. The lowest BCUT2D eigenvalue weighted by molar-refractivity contribution is -0.294. The first-order valence-electron chi connectivity index (χ1n) is 19.1. The largest absolute Gasteiger partial charge is 0.455 e. The number of aryl methyl sites for hydroxylation is 1. The number of hydrogen-bond donors (Lipinski definition) is 3. The number of hydrogen-bond acceptors (Lipinski definition) is 12. The van der Waals surface area contributed by atoms with Crippen molar-refractivity contribution in [2.45, 2.75) is 141 Å². The molecule has 3 aliphatic heterocycles. The quantitative estimate of drug-likeness (QED) is 0.173. The Bertz CT molecular complexity index is 1460. The highest BCUT2D eigenvalue weighted by molar-refractivity contribution is 5.88. The van der Waals surface area contributed by atoms with E-state index in [9.17, 15) is 19.5 Å². The number of anilines is 1. The maximum absolute atomic E-state index is 14.6. The van der Waals surface area contributed by atoms with E-state index >= 15 is 0 Å². The number of nitrogens with one attached hydrogen (secondary N) is 1.